The SMILES string of the molecule is FC(F)c1nc2ccccc2n1-c1cc(N2CCOCC2)nc(NC[C@H]2CCN(Cc3ccccc3)C2)n1. The number of rotatable bonds is 8. The van der Waals surface area contributed by atoms with Gasteiger partial charge >= 0.3 is 0 Å². The van der Waals surface area contributed by atoms with Gasteiger partial charge in [-0.2, -0.15) is 9.97 Å². The molecule has 0 aliphatic carbocycles. The third kappa shape index (κ3) is 5.32. The molecule has 2 aromatic carbocycles. The molecule has 1 atom stereocenters. The minimum absolute atomic E-state index is 0.323. The Morgan fingerprint density at radius 3 is 2.50 bits per heavy atom. The van der Waals surface area contributed by atoms with Gasteiger partial charge in [-0.05, 0) is 36.6 Å². The predicted molar refractivity (Wildman–Crippen MR) is 143 cm³/mol. The first-order valence-electron chi connectivity index (χ1n) is 13.1. The van der Waals surface area contributed by atoms with Crippen molar-refractivity contribution >= 4 is 22.8 Å². The van der Waals surface area contributed by atoms with Crippen molar-refractivity contribution in [3.8, 4) is 5.82 Å². The minimum atomic E-state index is -2.74. The molecule has 2 saturated heterocycles. The summed E-state index contributed by atoms with van der Waals surface area (Å²) in [5, 5.41) is 3.42. The van der Waals surface area contributed by atoms with Gasteiger partial charge in [0, 0.05) is 38.8 Å². The van der Waals surface area contributed by atoms with Crippen LogP contribution in [-0.2, 0) is 11.3 Å². The van der Waals surface area contributed by atoms with E-state index in [1.165, 1.54) is 10.1 Å². The molecule has 6 rings (SSSR count). The zero-order valence-electron chi connectivity index (χ0n) is 21.1. The Balaban J connectivity index is 1.26. The molecule has 198 valence electrons. The van der Waals surface area contributed by atoms with Crippen LogP contribution in [0, 0.1) is 5.92 Å². The van der Waals surface area contributed by atoms with Gasteiger partial charge in [-0.1, -0.05) is 42.5 Å². The summed E-state index contributed by atoms with van der Waals surface area (Å²) in [6.45, 7) is 6.23. The number of hydrogen-bond acceptors (Lipinski definition) is 7. The normalized spacial score (nSPS) is 18.5. The summed E-state index contributed by atoms with van der Waals surface area (Å²) in [6, 6.07) is 19.4. The van der Waals surface area contributed by atoms with Gasteiger partial charge in [0.1, 0.15) is 11.6 Å². The number of alkyl halides is 2. The Labute approximate surface area is 220 Å². The van der Waals surface area contributed by atoms with Gasteiger partial charge in [0.2, 0.25) is 5.95 Å². The van der Waals surface area contributed by atoms with Gasteiger partial charge < -0.3 is 15.0 Å². The van der Waals surface area contributed by atoms with Crippen LogP contribution in [0.2, 0.25) is 0 Å². The second-order valence-corrected chi connectivity index (χ2v) is 9.86. The summed E-state index contributed by atoms with van der Waals surface area (Å²) in [6.07, 6.45) is -1.66. The summed E-state index contributed by atoms with van der Waals surface area (Å²) in [7, 11) is 0. The van der Waals surface area contributed by atoms with Crippen molar-refractivity contribution in [3.05, 3.63) is 72.1 Å². The highest BCUT2D eigenvalue weighted by Gasteiger charge is 2.25. The summed E-state index contributed by atoms with van der Waals surface area (Å²) in [4.78, 5) is 18.3. The van der Waals surface area contributed by atoms with Gasteiger partial charge in [0.25, 0.3) is 6.43 Å². The van der Waals surface area contributed by atoms with Gasteiger partial charge in [-0.25, -0.2) is 13.8 Å². The molecule has 0 bridgehead atoms. The molecule has 38 heavy (non-hydrogen) atoms. The van der Waals surface area contributed by atoms with Crippen molar-refractivity contribution < 1.29 is 13.5 Å². The van der Waals surface area contributed by atoms with Crippen molar-refractivity contribution in [2.45, 2.75) is 19.4 Å². The molecule has 4 heterocycles. The zero-order chi connectivity index (χ0) is 25.9. The number of morpholine rings is 1. The van der Waals surface area contributed by atoms with E-state index in [1.807, 2.05) is 12.1 Å². The number of anilines is 2. The molecule has 0 spiro atoms. The minimum Gasteiger partial charge on any atom is -0.378 e. The third-order valence-corrected chi connectivity index (χ3v) is 7.21. The molecule has 2 fully saturated rings. The van der Waals surface area contributed by atoms with Gasteiger partial charge in [-0.15, -0.1) is 0 Å². The monoisotopic (exact) mass is 519 g/mol. The second kappa shape index (κ2) is 11.0. The summed E-state index contributed by atoms with van der Waals surface area (Å²) in [5.74, 6) is 1.63. The molecule has 4 aromatic rings. The van der Waals surface area contributed by atoms with Crippen molar-refractivity contribution in [1.82, 2.24) is 24.4 Å². The molecular weight excluding hydrogens is 488 g/mol. The first-order valence-corrected chi connectivity index (χ1v) is 13.1. The van der Waals surface area contributed by atoms with E-state index >= 15 is 0 Å². The summed E-state index contributed by atoms with van der Waals surface area (Å²) < 4.78 is 35.1. The molecule has 0 saturated carbocycles. The fourth-order valence-corrected chi connectivity index (χ4v) is 5.30. The number of likely N-dealkylation sites (tertiary alicyclic amines) is 1. The first kappa shape index (κ1) is 24.7. The smallest absolute Gasteiger partial charge is 0.296 e. The number of hydrogen-bond donors (Lipinski definition) is 1. The Morgan fingerprint density at radius 2 is 1.68 bits per heavy atom. The van der Waals surface area contributed by atoms with Gasteiger partial charge in [-0.3, -0.25) is 9.47 Å². The van der Waals surface area contributed by atoms with E-state index in [2.05, 4.69) is 44.4 Å². The molecule has 1 N–H and O–H groups in total. The van der Waals surface area contributed by atoms with Crippen LogP contribution in [-0.4, -0.2) is 70.4 Å². The number of nitrogens with zero attached hydrogens (tertiary/aromatic N) is 6. The highest BCUT2D eigenvalue weighted by atomic mass is 19.3. The number of aromatic nitrogens is 4. The van der Waals surface area contributed by atoms with E-state index in [1.54, 1.807) is 24.3 Å². The predicted octanol–water partition coefficient (Wildman–Crippen LogP) is 4.52. The van der Waals surface area contributed by atoms with Crippen LogP contribution in [0.15, 0.2) is 60.7 Å². The number of imidazole rings is 1. The fourth-order valence-electron chi connectivity index (χ4n) is 5.30. The Hall–Kier alpha value is -3.63. The largest absolute Gasteiger partial charge is 0.378 e. The maximum Gasteiger partial charge on any atom is 0.296 e. The molecule has 8 nitrogen and oxygen atoms in total. The topological polar surface area (TPSA) is 71.3 Å². The first-order chi connectivity index (χ1) is 18.6. The van der Waals surface area contributed by atoms with Crippen LogP contribution in [0.5, 0.6) is 0 Å². The van der Waals surface area contributed by atoms with Crippen LogP contribution < -0.4 is 10.2 Å². The number of para-hydroxylation sites is 2. The van der Waals surface area contributed by atoms with Gasteiger partial charge in [0.05, 0.1) is 24.2 Å². The lowest BCUT2D eigenvalue weighted by molar-refractivity contribution is 0.122. The quantitative estimate of drug-likeness (QED) is 0.367. The van der Waals surface area contributed by atoms with E-state index in [9.17, 15) is 8.78 Å². The molecule has 2 aromatic heterocycles. The zero-order valence-corrected chi connectivity index (χ0v) is 21.1. The Bertz CT molecular complexity index is 1370. The summed E-state index contributed by atoms with van der Waals surface area (Å²) >= 11 is 0. The van der Waals surface area contributed by atoms with E-state index < -0.39 is 6.43 Å². The van der Waals surface area contributed by atoms with E-state index in [0.29, 0.717) is 67.4 Å². The number of halogens is 2. The molecule has 0 radical (unpaired) electrons. The van der Waals surface area contributed by atoms with Crippen LogP contribution >= 0.6 is 0 Å². The van der Waals surface area contributed by atoms with E-state index in [4.69, 9.17) is 14.7 Å². The molecule has 2 aliphatic rings. The molecule has 10 heteroatoms. The number of nitrogens with one attached hydrogen (secondary N) is 1. The van der Waals surface area contributed by atoms with Crippen LogP contribution in [0.25, 0.3) is 16.9 Å². The van der Waals surface area contributed by atoms with Crippen molar-refractivity contribution in [3.63, 3.8) is 0 Å². The number of ether oxygens (including phenoxy) is 1. The maximum absolute atomic E-state index is 14.1. The Morgan fingerprint density at radius 1 is 0.921 bits per heavy atom. The highest BCUT2D eigenvalue weighted by molar-refractivity contribution is 5.78. The van der Waals surface area contributed by atoms with Crippen LogP contribution in [0.4, 0.5) is 20.5 Å². The lowest BCUT2D eigenvalue weighted by atomic mass is 10.1. The maximum atomic E-state index is 14.1. The molecule has 0 amide bonds. The van der Waals surface area contributed by atoms with Crippen molar-refractivity contribution in [1.29, 1.82) is 0 Å². The average Bonchev–Trinajstić information content (AvgIpc) is 3.57. The summed E-state index contributed by atoms with van der Waals surface area (Å²) in [5.41, 5.74) is 2.41. The van der Waals surface area contributed by atoms with Crippen molar-refractivity contribution in [2.75, 3.05) is 56.2 Å². The van der Waals surface area contributed by atoms with E-state index in [-0.39, 0.29) is 5.82 Å². The number of benzene rings is 2. The number of fused-ring (bicyclic) bond motifs is 1. The average molecular weight is 520 g/mol. The van der Waals surface area contributed by atoms with Crippen LogP contribution in [0.3, 0.4) is 0 Å². The molecule has 2 aliphatic heterocycles. The van der Waals surface area contributed by atoms with Crippen LogP contribution in [0.1, 0.15) is 24.2 Å². The van der Waals surface area contributed by atoms with E-state index in [0.717, 1.165) is 26.1 Å². The van der Waals surface area contributed by atoms with Gasteiger partial charge in [0.15, 0.2) is 5.82 Å². The lowest BCUT2D eigenvalue weighted by Gasteiger charge is -2.28. The standard InChI is InChI=1S/C28H31F2N7O/c29-26(30)27-32-22-8-4-5-9-23(22)37(27)25-16-24(36-12-14-38-15-13-36)33-28(34-25)31-17-21-10-11-35(19-21)18-20-6-2-1-3-7-20/h1-9,16,21,26H,10-15,17-19H2,(H,31,33,34)/t21-/m1/s1. The second-order valence-electron chi connectivity index (χ2n) is 9.86. The molecule has 0 unspecified atom stereocenters. The Kier molecular flexibility index (Phi) is 7.15. The highest BCUT2D eigenvalue weighted by Crippen LogP contribution is 2.29. The fraction of sp³-hybridized carbons (Fsp3) is 0.393. The van der Waals surface area contributed by atoms with Crippen molar-refractivity contribution in [2.24, 2.45) is 5.92 Å². The third-order valence-electron chi connectivity index (χ3n) is 7.21. The molecular formula is C28H31F2N7O. The lowest BCUT2D eigenvalue weighted by Crippen LogP contribution is -2.37.